The molecular formula is C10H23AlO4. The van der Waals surface area contributed by atoms with E-state index in [1.54, 1.807) is 13.8 Å². The third-order valence-corrected chi connectivity index (χ3v) is 1.39. The molecule has 0 rings (SSSR count). The van der Waals surface area contributed by atoms with E-state index in [2.05, 4.69) is 4.89 Å². The minimum absolute atomic E-state index is 0. The summed E-state index contributed by atoms with van der Waals surface area (Å²) in [5.41, 5.74) is 0. The van der Waals surface area contributed by atoms with Crippen molar-refractivity contribution in [1.82, 2.24) is 0 Å². The van der Waals surface area contributed by atoms with Gasteiger partial charge >= 0.3 is 5.97 Å². The van der Waals surface area contributed by atoms with Gasteiger partial charge in [0, 0.05) is 0 Å². The molecule has 0 aromatic rings. The standard InChI is InChI=1S/C10H20O4.Al.3H/c1-6-9(12-7(2)3)10(11)14-13-8(4)5;;;;/h7-9H,6H2,1-5H3;;;;. The van der Waals surface area contributed by atoms with Crippen molar-refractivity contribution < 1.29 is 19.3 Å². The minimum Gasteiger partial charge on any atom is -0.364 e. The molecule has 0 bridgehead atoms. The molecule has 1 unspecified atom stereocenters. The van der Waals surface area contributed by atoms with Gasteiger partial charge in [0.2, 0.25) is 0 Å². The lowest BCUT2D eigenvalue weighted by Crippen LogP contribution is -2.29. The van der Waals surface area contributed by atoms with Crippen LogP contribution >= 0.6 is 0 Å². The molecule has 0 N–H and O–H groups in total. The van der Waals surface area contributed by atoms with Crippen LogP contribution in [0.3, 0.4) is 0 Å². The molecule has 15 heavy (non-hydrogen) atoms. The first-order valence-electron chi connectivity index (χ1n) is 5.00. The first-order chi connectivity index (χ1) is 6.47. The van der Waals surface area contributed by atoms with Gasteiger partial charge in [0.1, 0.15) is 0 Å². The molecule has 90 valence electrons. The Morgan fingerprint density at radius 3 is 2.00 bits per heavy atom. The highest BCUT2D eigenvalue weighted by molar-refractivity contribution is 5.75. The molecule has 0 spiro atoms. The second kappa shape index (κ2) is 9.17. The predicted octanol–water partition coefficient (Wildman–Crippen LogP) is 0.889. The highest BCUT2D eigenvalue weighted by Gasteiger charge is 2.21. The third-order valence-electron chi connectivity index (χ3n) is 1.39. The van der Waals surface area contributed by atoms with Crippen LogP contribution in [-0.2, 0) is 19.3 Å². The van der Waals surface area contributed by atoms with Crippen LogP contribution in [0.1, 0.15) is 41.0 Å². The molecule has 0 aliphatic carbocycles. The van der Waals surface area contributed by atoms with Crippen LogP contribution in [0.5, 0.6) is 0 Å². The number of ether oxygens (including phenoxy) is 1. The van der Waals surface area contributed by atoms with E-state index < -0.39 is 12.1 Å². The Morgan fingerprint density at radius 1 is 1.13 bits per heavy atom. The number of rotatable bonds is 6. The van der Waals surface area contributed by atoms with Gasteiger partial charge in [0.05, 0.1) is 12.2 Å². The Bertz CT molecular complexity index is 171. The van der Waals surface area contributed by atoms with E-state index in [9.17, 15) is 4.79 Å². The van der Waals surface area contributed by atoms with Crippen molar-refractivity contribution in [1.29, 1.82) is 0 Å². The number of hydrogen-bond donors (Lipinski definition) is 0. The molecule has 0 aliphatic rings. The number of hydrogen-bond acceptors (Lipinski definition) is 4. The van der Waals surface area contributed by atoms with Crippen LogP contribution in [0, 0.1) is 0 Å². The average molecular weight is 234 g/mol. The zero-order valence-electron chi connectivity index (χ0n) is 9.57. The van der Waals surface area contributed by atoms with Crippen molar-refractivity contribution in [3.05, 3.63) is 0 Å². The second-order valence-corrected chi connectivity index (χ2v) is 3.63. The summed E-state index contributed by atoms with van der Waals surface area (Å²) in [7, 11) is 0. The first kappa shape index (κ1) is 17.3. The summed E-state index contributed by atoms with van der Waals surface area (Å²) in [5, 5.41) is 0. The van der Waals surface area contributed by atoms with Gasteiger partial charge in [-0.2, -0.15) is 4.89 Å². The van der Waals surface area contributed by atoms with E-state index in [4.69, 9.17) is 9.62 Å². The molecule has 4 nitrogen and oxygen atoms in total. The summed E-state index contributed by atoms with van der Waals surface area (Å²) in [6, 6.07) is 0. The van der Waals surface area contributed by atoms with E-state index >= 15 is 0 Å². The second-order valence-electron chi connectivity index (χ2n) is 3.63. The van der Waals surface area contributed by atoms with Crippen LogP contribution in [-0.4, -0.2) is 41.6 Å². The summed E-state index contributed by atoms with van der Waals surface area (Å²) in [4.78, 5) is 20.7. The Labute approximate surface area is 102 Å². The minimum atomic E-state index is -0.534. The van der Waals surface area contributed by atoms with Crippen molar-refractivity contribution in [2.45, 2.75) is 59.4 Å². The largest absolute Gasteiger partial charge is 0.370 e. The topological polar surface area (TPSA) is 44.8 Å². The van der Waals surface area contributed by atoms with E-state index in [-0.39, 0.29) is 29.6 Å². The monoisotopic (exact) mass is 234 g/mol. The average Bonchev–Trinajstić information content (AvgIpc) is 2.09. The van der Waals surface area contributed by atoms with Gasteiger partial charge in [-0.25, -0.2) is 4.79 Å². The molecule has 0 aromatic heterocycles. The fourth-order valence-electron chi connectivity index (χ4n) is 0.844. The van der Waals surface area contributed by atoms with E-state index in [0.29, 0.717) is 6.42 Å². The molecule has 0 aromatic carbocycles. The molecule has 0 radical (unpaired) electrons. The maximum Gasteiger partial charge on any atom is 0.370 e. The first-order valence-corrected chi connectivity index (χ1v) is 5.00. The molecule has 0 saturated carbocycles. The lowest BCUT2D eigenvalue weighted by atomic mass is 10.3. The Kier molecular flexibility index (Phi) is 10.6. The molecular weight excluding hydrogens is 211 g/mol. The summed E-state index contributed by atoms with van der Waals surface area (Å²) in [5.74, 6) is -0.463. The van der Waals surface area contributed by atoms with Gasteiger partial charge in [-0.3, -0.25) is 4.89 Å². The van der Waals surface area contributed by atoms with Crippen molar-refractivity contribution in [3.63, 3.8) is 0 Å². The van der Waals surface area contributed by atoms with E-state index in [1.165, 1.54) is 0 Å². The maximum absolute atomic E-state index is 11.3. The number of carbonyl (C=O) groups is 1. The summed E-state index contributed by atoms with van der Waals surface area (Å²) < 4.78 is 5.34. The summed E-state index contributed by atoms with van der Waals surface area (Å²) in [6.45, 7) is 9.19. The van der Waals surface area contributed by atoms with Gasteiger partial charge < -0.3 is 4.74 Å². The lowest BCUT2D eigenvalue weighted by molar-refractivity contribution is -0.298. The highest BCUT2D eigenvalue weighted by Crippen LogP contribution is 2.05. The van der Waals surface area contributed by atoms with Crippen molar-refractivity contribution in [2.24, 2.45) is 0 Å². The Balaban J connectivity index is 0. The SMILES string of the molecule is CCC(OC(C)C)C(=O)OOC(C)C.[AlH3]. The molecule has 1 atom stereocenters. The van der Waals surface area contributed by atoms with Crippen LogP contribution in [0.2, 0.25) is 0 Å². The van der Waals surface area contributed by atoms with E-state index in [1.807, 2.05) is 20.8 Å². The molecule has 0 aliphatic heterocycles. The number of carbonyl (C=O) groups excluding carboxylic acids is 1. The van der Waals surface area contributed by atoms with Gasteiger partial charge in [0.25, 0.3) is 0 Å². The van der Waals surface area contributed by atoms with Gasteiger partial charge in [-0.05, 0) is 34.1 Å². The molecule has 0 saturated heterocycles. The van der Waals surface area contributed by atoms with Gasteiger partial charge in [-0.1, -0.05) is 6.92 Å². The zero-order chi connectivity index (χ0) is 11.1. The van der Waals surface area contributed by atoms with Crippen LogP contribution in [0.15, 0.2) is 0 Å². The quantitative estimate of drug-likeness (QED) is 0.389. The molecule has 0 heterocycles. The van der Waals surface area contributed by atoms with Crippen molar-refractivity contribution >= 4 is 23.3 Å². The van der Waals surface area contributed by atoms with Gasteiger partial charge in [-0.15, -0.1) is 0 Å². The van der Waals surface area contributed by atoms with Crippen molar-refractivity contribution in [3.8, 4) is 0 Å². The Morgan fingerprint density at radius 2 is 1.67 bits per heavy atom. The van der Waals surface area contributed by atoms with Crippen LogP contribution < -0.4 is 0 Å². The fourth-order valence-corrected chi connectivity index (χ4v) is 0.844. The van der Waals surface area contributed by atoms with Crippen molar-refractivity contribution in [2.75, 3.05) is 0 Å². The molecule has 5 heteroatoms. The van der Waals surface area contributed by atoms with Crippen LogP contribution in [0.25, 0.3) is 0 Å². The lowest BCUT2D eigenvalue weighted by Gasteiger charge is -2.17. The fraction of sp³-hybridized carbons (Fsp3) is 0.900. The summed E-state index contributed by atoms with van der Waals surface area (Å²) >= 11 is 0. The normalized spacial score (nSPS) is 12.5. The van der Waals surface area contributed by atoms with Gasteiger partial charge in [0.15, 0.2) is 23.5 Å². The molecule has 0 amide bonds. The summed E-state index contributed by atoms with van der Waals surface area (Å²) in [6.07, 6.45) is -0.0748. The molecule has 0 fully saturated rings. The van der Waals surface area contributed by atoms with E-state index in [0.717, 1.165) is 0 Å². The zero-order valence-corrected chi connectivity index (χ0v) is 9.57. The smallest absolute Gasteiger partial charge is 0.364 e. The maximum atomic E-state index is 11.3. The predicted molar refractivity (Wildman–Crippen MR) is 62.6 cm³/mol. The third kappa shape index (κ3) is 8.89. The highest BCUT2D eigenvalue weighted by atomic mass is 27.0. The van der Waals surface area contributed by atoms with Crippen LogP contribution in [0.4, 0.5) is 0 Å². The Hall–Kier alpha value is -0.0775.